The average Bonchev–Trinajstić information content (AvgIpc) is 2.99. The van der Waals surface area contributed by atoms with Gasteiger partial charge in [0.05, 0.1) is 0 Å². The fraction of sp³-hybridized carbons (Fsp3) is 0.459. The zero-order chi connectivity index (χ0) is 33.7. The lowest BCUT2D eigenvalue weighted by atomic mass is 9.99. The van der Waals surface area contributed by atoms with Crippen LogP contribution in [-0.4, -0.2) is 46.9 Å². The molecule has 0 saturated carbocycles. The summed E-state index contributed by atoms with van der Waals surface area (Å²) in [5.41, 5.74) is 6.83. The molecule has 3 aromatic carbocycles. The number of aryl methyl sites for hydroxylation is 1. The van der Waals surface area contributed by atoms with Gasteiger partial charge in [-0.3, -0.25) is 14.4 Å². The molecule has 2 atom stereocenters. The predicted octanol–water partition coefficient (Wildman–Crippen LogP) is 7.18. The second-order valence-electron chi connectivity index (χ2n) is 12.9. The van der Waals surface area contributed by atoms with Gasteiger partial charge in [0.25, 0.3) is 5.91 Å². The minimum absolute atomic E-state index is 0.0345. The largest absolute Gasteiger partial charge is 0.444 e. The molecule has 0 aromatic heterocycles. The summed E-state index contributed by atoms with van der Waals surface area (Å²) in [6, 6.07) is 18.9. The van der Waals surface area contributed by atoms with Crippen LogP contribution in [0.1, 0.15) is 96.2 Å². The Balaban J connectivity index is 2.02. The molecule has 9 heteroatoms. The Morgan fingerprint density at radius 3 is 2.24 bits per heavy atom. The predicted molar refractivity (Wildman–Crippen MR) is 183 cm³/mol. The molecule has 0 bridgehead atoms. The highest BCUT2D eigenvalue weighted by atomic mass is 16.6. The van der Waals surface area contributed by atoms with Crippen LogP contribution in [0, 0.1) is 6.92 Å². The number of benzene rings is 3. The van der Waals surface area contributed by atoms with Crippen molar-refractivity contribution in [2.24, 2.45) is 5.73 Å². The smallest absolute Gasteiger partial charge is 0.408 e. The minimum Gasteiger partial charge on any atom is -0.444 e. The molecule has 0 heterocycles. The Labute approximate surface area is 273 Å². The second-order valence-corrected chi connectivity index (χ2v) is 12.9. The molecular formula is C37H50N4O5. The Morgan fingerprint density at radius 2 is 1.57 bits per heavy atom. The number of ether oxygens (including phenoxy) is 1. The lowest BCUT2D eigenvalue weighted by Gasteiger charge is -2.34. The number of fused-ring (bicyclic) bond motifs is 1. The van der Waals surface area contributed by atoms with Gasteiger partial charge in [0.2, 0.25) is 11.8 Å². The van der Waals surface area contributed by atoms with E-state index in [4.69, 9.17) is 10.5 Å². The zero-order valence-electron chi connectivity index (χ0n) is 27.9. The van der Waals surface area contributed by atoms with Crippen LogP contribution in [0.5, 0.6) is 0 Å². The van der Waals surface area contributed by atoms with Crippen LogP contribution in [0.15, 0.2) is 66.7 Å². The fourth-order valence-electron chi connectivity index (χ4n) is 5.41. The number of amides is 4. The molecule has 248 valence electrons. The van der Waals surface area contributed by atoms with E-state index in [9.17, 15) is 19.2 Å². The van der Waals surface area contributed by atoms with Gasteiger partial charge in [-0.05, 0) is 69.0 Å². The fourth-order valence-corrected chi connectivity index (χ4v) is 5.41. The summed E-state index contributed by atoms with van der Waals surface area (Å²) in [6.45, 7) is 9.54. The molecule has 0 radical (unpaired) electrons. The van der Waals surface area contributed by atoms with Gasteiger partial charge in [-0.2, -0.15) is 0 Å². The van der Waals surface area contributed by atoms with E-state index in [-0.39, 0.29) is 25.3 Å². The van der Waals surface area contributed by atoms with Gasteiger partial charge in [0.15, 0.2) is 0 Å². The van der Waals surface area contributed by atoms with Gasteiger partial charge in [0, 0.05) is 18.7 Å². The third kappa shape index (κ3) is 11.5. The summed E-state index contributed by atoms with van der Waals surface area (Å²) in [6.07, 6.45) is 4.94. The van der Waals surface area contributed by atoms with Gasteiger partial charge >= 0.3 is 6.09 Å². The number of nitrogens with two attached hydrogens (primary N) is 1. The maximum absolute atomic E-state index is 14.5. The van der Waals surface area contributed by atoms with Crippen LogP contribution >= 0.6 is 0 Å². The first-order valence-electron chi connectivity index (χ1n) is 16.3. The van der Waals surface area contributed by atoms with Gasteiger partial charge in [-0.15, -0.1) is 0 Å². The van der Waals surface area contributed by atoms with E-state index >= 15 is 0 Å². The maximum Gasteiger partial charge on any atom is 0.408 e. The van der Waals surface area contributed by atoms with E-state index in [2.05, 4.69) is 17.6 Å². The first kappa shape index (κ1) is 36.1. The van der Waals surface area contributed by atoms with Crippen molar-refractivity contribution < 1.29 is 23.9 Å². The number of nitrogens with one attached hydrogen (secondary N) is 2. The number of carbonyl (C=O) groups excluding carboxylic acids is 4. The molecule has 0 aliphatic heterocycles. The Kier molecular flexibility index (Phi) is 13.6. The van der Waals surface area contributed by atoms with Crippen molar-refractivity contribution in [1.29, 1.82) is 0 Å². The standard InChI is InChI=1S/C37H50N4O5/c1-6-7-8-9-10-13-23-41(35(44)31(21-22-32(38)42)40-36(45)46-37(3,4)5)33(29-18-14-15-26(2)24-29)34(43)39-30-20-19-27-16-11-12-17-28(27)25-30/h11-12,14-20,24-25,31,33H,6-10,13,21-23H2,1-5H3,(H2,38,42)(H,39,43)(H,40,45). The minimum atomic E-state index is -1.14. The summed E-state index contributed by atoms with van der Waals surface area (Å²) in [5.74, 6) is -1.47. The topological polar surface area (TPSA) is 131 Å². The number of carbonyl (C=O) groups is 4. The summed E-state index contributed by atoms with van der Waals surface area (Å²) < 4.78 is 5.45. The number of alkyl carbamates (subject to hydrolysis) is 1. The van der Waals surface area contributed by atoms with Crippen molar-refractivity contribution in [2.45, 2.75) is 104 Å². The van der Waals surface area contributed by atoms with Crippen LogP contribution in [0.25, 0.3) is 10.8 Å². The van der Waals surface area contributed by atoms with Crippen LogP contribution in [-0.2, 0) is 19.1 Å². The number of rotatable bonds is 16. The van der Waals surface area contributed by atoms with E-state index in [0.29, 0.717) is 17.7 Å². The highest BCUT2D eigenvalue weighted by Crippen LogP contribution is 2.28. The third-order valence-electron chi connectivity index (χ3n) is 7.64. The second kappa shape index (κ2) is 17.3. The molecule has 46 heavy (non-hydrogen) atoms. The number of unbranched alkanes of at least 4 members (excludes halogenated alkanes) is 5. The van der Waals surface area contributed by atoms with Gasteiger partial charge in [-0.25, -0.2) is 4.79 Å². The number of anilines is 1. The third-order valence-corrected chi connectivity index (χ3v) is 7.64. The normalized spacial score (nSPS) is 12.6. The van der Waals surface area contributed by atoms with E-state index in [1.165, 1.54) is 4.90 Å². The van der Waals surface area contributed by atoms with Gasteiger partial charge in [-0.1, -0.05) is 99.2 Å². The molecular weight excluding hydrogens is 580 g/mol. The molecule has 0 aliphatic rings. The van der Waals surface area contributed by atoms with E-state index in [1.54, 1.807) is 20.8 Å². The number of hydrogen-bond acceptors (Lipinski definition) is 5. The Morgan fingerprint density at radius 1 is 0.870 bits per heavy atom. The Bertz CT molecular complexity index is 1480. The average molecular weight is 631 g/mol. The van der Waals surface area contributed by atoms with E-state index in [1.807, 2.05) is 73.7 Å². The summed E-state index contributed by atoms with van der Waals surface area (Å²) in [5, 5.41) is 7.73. The molecule has 3 aromatic rings. The van der Waals surface area contributed by atoms with Crippen molar-refractivity contribution in [3.63, 3.8) is 0 Å². The molecule has 0 spiro atoms. The molecule has 0 aliphatic carbocycles. The SMILES string of the molecule is CCCCCCCCN(C(=O)C(CCC(N)=O)NC(=O)OC(C)(C)C)C(C(=O)Nc1ccc2ccccc2c1)c1cccc(C)c1. The molecule has 4 amide bonds. The number of hydrogen-bond donors (Lipinski definition) is 3. The number of primary amides is 1. The van der Waals surface area contributed by atoms with Crippen LogP contribution in [0.4, 0.5) is 10.5 Å². The van der Waals surface area contributed by atoms with Crippen LogP contribution in [0.2, 0.25) is 0 Å². The molecule has 0 saturated heterocycles. The van der Waals surface area contributed by atoms with Crippen molar-refractivity contribution in [2.75, 3.05) is 11.9 Å². The van der Waals surface area contributed by atoms with Gasteiger partial charge < -0.3 is 26.0 Å². The molecule has 2 unspecified atom stereocenters. The van der Waals surface area contributed by atoms with Crippen LogP contribution < -0.4 is 16.4 Å². The first-order chi connectivity index (χ1) is 21.9. The van der Waals surface area contributed by atoms with Gasteiger partial charge in [0.1, 0.15) is 17.7 Å². The zero-order valence-corrected chi connectivity index (χ0v) is 27.9. The maximum atomic E-state index is 14.5. The van der Waals surface area contributed by atoms with Crippen molar-refractivity contribution in [3.05, 3.63) is 77.9 Å². The molecule has 0 fully saturated rings. The summed E-state index contributed by atoms with van der Waals surface area (Å²) in [4.78, 5) is 55.0. The highest BCUT2D eigenvalue weighted by Gasteiger charge is 2.36. The summed E-state index contributed by atoms with van der Waals surface area (Å²) >= 11 is 0. The van der Waals surface area contributed by atoms with Crippen LogP contribution in [0.3, 0.4) is 0 Å². The molecule has 3 rings (SSSR count). The van der Waals surface area contributed by atoms with E-state index < -0.39 is 35.6 Å². The lowest BCUT2D eigenvalue weighted by Crippen LogP contribution is -2.52. The first-order valence-corrected chi connectivity index (χ1v) is 16.3. The van der Waals surface area contributed by atoms with Crippen molar-refractivity contribution in [1.82, 2.24) is 10.2 Å². The molecule has 4 N–H and O–H groups in total. The quantitative estimate of drug-likeness (QED) is 0.144. The lowest BCUT2D eigenvalue weighted by molar-refractivity contribution is -0.141. The number of nitrogens with zero attached hydrogens (tertiary/aromatic N) is 1. The molecule has 9 nitrogen and oxygen atoms in total. The Hall–Kier alpha value is -4.40. The van der Waals surface area contributed by atoms with E-state index in [0.717, 1.165) is 48.4 Å². The van der Waals surface area contributed by atoms with Crippen molar-refractivity contribution in [3.8, 4) is 0 Å². The monoisotopic (exact) mass is 630 g/mol. The van der Waals surface area contributed by atoms with Crippen molar-refractivity contribution >= 4 is 40.3 Å². The highest BCUT2D eigenvalue weighted by molar-refractivity contribution is 6.00. The summed E-state index contributed by atoms with van der Waals surface area (Å²) in [7, 11) is 0.